The van der Waals surface area contributed by atoms with Gasteiger partial charge in [-0.15, -0.1) is 0 Å². The normalized spacial score (nSPS) is 14.7. The molecule has 3 rings (SSSR count). The second kappa shape index (κ2) is 13.5. The fraction of sp³-hybridized carbons (Fsp3) is 0.481. The molecule has 0 radical (unpaired) electrons. The molecule has 1 saturated carbocycles. The lowest BCUT2D eigenvalue weighted by Crippen LogP contribution is -2.49. The lowest BCUT2D eigenvalue weighted by atomic mass is 10.1. The van der Waals surface area contributed by atoms with Crippen LogP contribution in [0.5, 0.6) is 5.75 Å². The van der Waals surface area contributed by atoms with Gasteiger partial charge in [0.2, 0.25) is 21.8 Å². The topological polar surface area (TPSA) is 96.0 Å². The number of ether oxygens (including phenoxy) is 1. The predicted octanol–water partition coefficient (Wildman–Crippen LogP) is 5.02. The Hall–Kier alpha value is -2.49. The maximum absolute atomic E-state index is 13.4. The van der Waals surface area contributed by atoms with E-state index in [4.69, 9.17) is 27.9 Å². The smallest absolute Gasteiger partial charge is 0.242 e. The number of rotatable bonds is 12. The molecule has 38 heavy (non-hydrogen) atoms. The number of nitrogens with zero attached hydrogens (tertiary/aromatic N) is 2. The van der Waals surface area contributed by atoms with Gasteiger partial charge in [0.15, 0.2) is 0 Å². The number of nitrogens with one attached hydrogen (secondary N) is 1. The van der Waals surface area contributed by atoms with Crippen LogP contribution in [0.1, 0.15) is 51.0 Å². The van der Waals surface area contributed by atoms with Crippen LogP contribution in [0.3, 0.4) is 0 Å². The number of carbonyl (C=O) groups is 2. The highest BCUT2D eigenvalue weighted by Crippen LogP contribution is 2.25. The summed E-state index contributed by atoms with van der Waals surface area (Å²) in [6.07, 6.45) is 5.49. The molecule has 1 aliphatic carbocycles. The first-order valence-electron chi connectivity index (χ1n) is 12.6. The SMILES string of the molecule is COc1ccc(N(CCCC(=O)N(Cc2ccc(Cl)c(Cl)c2)[C@H](C)C(=O)NC2CCCC2)S(C)(=O)=O)cc1. The number of amides is 2. The van der Waals surface area contributed by atoms with Gasteiger partial charge in [0.1, 0.15) is 11.8 Å². The van der Waals surface area contributed by atoms with Gasteiger partial charge >= 0.3 is 0 Å². The average molecular weight is 585 g/mol. The predicted molar refractivity (Wildman–Crippen MR) is 151 cm³/mol. The molecule has 8 nitrogen and oxygen atoms in total. The van der Waals surface area contributed by atoms with Crippen LogP contribution in [0.25, 0.3) is 0 Å². The van der Waals surface area contributed by atoms with Crippen molar-refractivity contribution in [1.82, 2.24) is 10.2 Å². The zero-order chi connectivity index (χ0) is 27.9. The first kappa shape index (κ1) is 30.1. The molecule has 2 aromatic rings. The van der Waals surface area contributed by atoms with Crippen molar-refractivity contribution in [3.63, 3.8) is 0 Å². The zero-order valence-electron chi connectivity index (χ0n) is 22.0. The van der Waals surface area contributed by atoms with Gasteiger partial charge in [-0.1, -0.05) is 42.1 Å². The van der Waals surface area contributed by atoms with E-state index in [1.807, 2.05) is 0 Å². The molecule has 1 N–H and O–H groups in total. The molecule has 0 aromatic heterocycles. The van der Waals surface area contributed by atoms with E-state index in [0.717, 1.165) is 37.5 Å². The molecule has 0 spiro atoms. The van der Waals surface area contributed by atoms with Crippen LogP contribution < -0.4 is 14.4 Å². The molecule has 2 amide bonds. The molecule has 1 atom stereocenters. The third-order valence-electron chi connectivity index (χ3n) is 6.72. The summed E-state index contributed by atoms with van der Waals surface area (Å²) in [7, 11) is -2.04. The molecule has 0 heterocycles. The van der Waals surface area contributed by atoms with Crippen molar-refractivity contribution in [1.29, 1.82) is 0 Å². The maximum Gasteiger partial charge on any atom is 0.242 e. The minimum absolute atomic E-state index is 0.0601. The number of methoxy groups -OCH3 is 1. The minimum Gasteiger partial charge on any atom is -0.497 e. The fourth-order valence-corrected chi connectivity index (χ4v) is 5.85. The number of anilines is 1. The molecular formula is C27H35Cl2N3O5S. The third kappa shape index (κ3) is 8.25. The molecule has 0 aliphatic heterocycles. The summed E-state index contributed by atoms with van der Waals surface area (Å²) >= 11 is 12.2. The van der Waals surface area contributed by atoms with Gasteiger partial charge < -0.3 is 15.0 Å². The van der Waals surface area contributed by atoms with Gasteiger partial charge in [0.25, 0.3) is 0 Å². The van der Waals surface area contributed by atoms with E-state index in [1.54, 1.807) is 49.4 Å². The summed E-state index contributed by atoms with van der Waals surface area (Å²) in [6.45, 7) is 1.99. The molecule has 11 heteroatoms. The Kier molecular flexibility index (Phi) is 10.7. The molecule has 0 saturated heterocycles. The van der Waals surface area contributed by atoms with E-state index in [0.29, 0.717) is 21.5 Å². The van der Waals surface area contributed by atoms with Crippen LogP contribution in [0, 0.1) is 0 Å². The van der Waals surface area contributed by atoms with Crippen LogP contribution >= 0.6 is 23.2 Å². The van der Waals surface area contributed by atoms with Gasteiger partial charge in [-0.3, -0.25) is 13.9 Å². The Morgan fingerprint density at radius 1 is 1.08 bits per heavy atom. The summed E-state index contributed by atoms with van der Waals surface area (Å²) in [5, 5.41) is 3.83. The van der Waals surface area contributed by atoms with E-state index in [2.05, 4.69) is 5.32 Å². The van der Waals surface area contributed by atoms with Gasteiger partial charge in [0.05, 0.1) is 29.1 Å². The summed E-state index contributed by atoms with van der Waals surface area (Å²) < 4.78 is 31.4. The molecule has 1 aliphatic rings. The Labute approximate surface area is 235 Å². The number of hydrogen-bond acceptors (Lipinski definition) is 5. The number of carbonyl (C=O) groups excluding carboxylic acids is 2. The van der Waals surface area contributed by atoms with Crippen molar-refractivity contribution in [3.05, 3.63) is 58.1 Å². The molecular weight excluding hydrogens is 549 g/mol. The van der Waals surface area contributed by atoms with Crippen molar-refractivity contribution in [2.45, 2.75) is 64.1 Å². The van der Waals surface area contributed by atoms with Gasteiger partial charge in [-0.05, 0) is 68.1 Å². The molecule has 208 valence electrons. The third-order valence-corrected chi connectivity index (χ3v) is 8.65. The Morgan fingerprint density at radius 3 is 2.32 bits per heavy atom. The zero-order valence-corrected chi connectivity index (χ0v) is 24.3. The number of benzene rings is 2. The highest BCUT2D eigenvalue weighted by molar-refractivity contribution is 7.92. The summed E-state index contributed by atoms with van der Waals surface area (Å²) in [4.78, 5) is 28.0. The second-order valence-electron chi connectivity index (χ2n) is 9.57. The quantitative estimate of drug-likeness (QED) is 0.378. The van der Waals surface area contributed by atoms with Crippen LogP contribution in [-0.2, 0) is 26.2 Å². The van der Waals surface area contributed by atoms with E-state index in [-0.39, 0.29) is 43.8 Å². The standard InChI is InChI=1S/C27H35Cl2N3O5S/c1-19(27(34)30-21-7-4-5-8-21)31(18-20-10-15-24(28)25(29)17-20)26(33)9-6-16-32(38(3,35)36)22-11-13-23(37-2)14-12-22/h10-15,17,19,21H,4-9,16,18H2,1-3H3,(H,30,34)/t19-/m1/s1. The highest BCUT2D eigenvalue weighted by atomic mass is 35.5. The van der Waals surface area contributed by atoms with E-state index in [9.17, 15) is 18.0 Å². The Bertz CT molecular complexity index is 1220. The lowest BCUT2D eigenvalue weighted by Gasteiger charge is -2.30. The van der Waals surface area contributed by atoms with Gasteiger partial charge in [-0.2, -0.15) is 0 Å². The van der Waals surface area contributed by atoms with E-state index >= 15 is 0 Å². The van der Waals surface area contributed by atoms with Crippen LogP contribution in [-0.4, -0.2) is 57.1 Å². The van der Waals surface area contributed by atoms with Crippen molar-refractivity contribution < 1.29 is 22.7 Å². The molecule has 1 fully saturated rings. The van der Waals surface area contributed by atoms with Gasteiger partial charge in [-0.25, -0.2) is 8.42 Å². The van der Waals surface area contributed by atoms with Crippen LogP contribution in [0.4, 0.5) is 5.69 Å². The maximum atomic E-state index is 13.4. The molecule has 0 bridgehead atoms. The van der Waals surface area contributed by atoms with Crippen molar-refractivity contribution in [2.24, 2.45) is 0 Å². The van der Waals surface area contributed by atoms with Crippen molar-refractivity contribution in [3.8, 4) is 5.75 Å². The summed E-state index contributed by atoms with van der Waals surface area (Å²) in [6, 6.07) is 11.2. The summed E-state index contributed by atoms with van der Waals surface area (Å²) in [5.74, 6) is 0.148. The Morgan fingerprint density at radius 2 is 1.74 bits per heavy atom. The highest BCUT2D eigenvalue weighted by Gasteiger charge is 2.29. The minimum atomic E-state index is -3.58. The number of sulfonamides is 1. The van der Waals surface area contributed by atoms with Crippen LogP contribution in [0.2, 0.25) is 10.0 Å². The first-order chi connectivity index (χ1) is 18.0. The number of halogens is 2. The number of hydrogen-bond donors (Lipinski definition) is 1. The van der Waals surface area contributed by atoms with Crippen LogP contribution in [0.15, 0.2) is 42.5 Å². The fourth-order valence-electron chi connectivity index (χ4n) is 4.56. The second-order valence-corrected chi connectivity index (χ2v) is 12.3. The Balaban J connectivity index is 1.73. The van der Waals surface area contributed by atoms with Gasteiger partial charge in [0, 0.05) is 25.6 Å². The van der Waals surface area contributed by atoms with Crippen molar-refractivity contribution in [2.75, 3.05) is 24.2 Å². The first-order valence-corrected chi connectivity index (χ1v) is 15.3. The summed E-state index contributed by atoms with van der Waals surface area (Å²) in [5.41, 5.74) is 1.22. The van der Waals surface area contributed by atoms with E-state index in [1.165, 1.54) is 16.3 Å². The van der Waals surface area contributed by atoms with E-state index < -0.39 is 16.1 Å². The largest absolute Gasteiger partial charge is 0.497 e. The molecule has 0 unspecified atom stereocenters. The average Bonchev–Trinajstić information content (AvgIpc) is 3.39. The molecule has 2 aromatic carbocycles. The monoisotopic (exact) mass is 583 g/mol. The lowest BCUT2D eigenvalue weighted by molar-refractivity contribution is -0.141. The van der Waals surface area contributed by atoms with Crippen molar-refractivity contribution >= 4 is 50.7 Å².